The van der Waals surface area contributed by atoms with Crippen molar-refractivity contribution in [2.24, 2.45) is 0 Å². The summed E-state index contributed by atoms with van der Waals surface area (Å²) in [5.41, 5.74) is 5.22. The van der Waals surface area contributed by atoms with E-state index in [1.165, 1.54) is 0 Å². The first-order valence-corrected chi connectivity index (χ1v) is 12.9. The van der Waals surface area contributed by atoms with Crippen molar-refractivity contribution in [3.63, 3.8) is 0 Å². The summed E-state index contributed by atoms with van der Waals surface area (Å²) in [4.78, 5) is 37.6. The van der Waals surface area contributed by atoms with Gasteiger partial charge in [0.1, 0.15) is 17.7 Å². The third-order valence-corrected chi connectivity index (χ3v) is 6.61. The molecule has 0 spiro atoms. The summed E-state index contributed by atoms with van der Waals surface area (Å²) >= 11 is 0. The van der Waals surface area contributed by atoms with Crippen molar-refractivity contribution < 1.29 is 9.53 Å². The standard InChI is InChI=1S/C28H34N8O2/c1-18-14-23(31-17-30-18)21-6-7-22-24(15-21)33-26(32-22)34-25-16-20(8-9-29-25)19(2)35-10-12-36(13-11-35)27(37)38-28(3,4)5/h6-9,14-17,19H,10-13H2,1-5H3,(H2,29,32,33,34). The van der Waals surface area contributed by atoms with Gasteiger partial charge in [-0.1, -0.05) is 6.07 Å². The van der Waals surface area contributed by atoms with Crippen LogP contribution in [0.2, 0.25) is 0 Å². The average Bonchev–Trinajstić information content (AvgIpc) is 3.29. The van der Waals surface area contributed by atoms with Crippen LogP contribution in [0.4, 0.5) is 16.6 Å². The Balaban J connectivity index is 1.24. The minimum atomic E-state index is -0.486. The van der Waals surface area contributed by atoms with Gasteiger partial charge in [0.2, 0.25) is 5.95 Å². The van der Waals surface area contributed by atoms with Gasteiger partial charge < -0.3 is 19.9 Å². The fourth-order valence-electron chi connectivity index (χ4n) is 4.57. The van der Waals surface area contributed by atoms with Gasteiger partial charge in [-0.2, -0.15) is 0 Å². The smallest absolute Gasteiger partial charge is 0.410 e. The van der Waals surface area contributed by atoms with Gasteiger partial charge in [-0.15, -0.1) is 0 Å². The monoisotopic (exact) mass is 514 g/mol. The normalized spacial score (nSPS) is 15.4. The molecule has 1 amide bonds. The molecular formula is C28H34N8O2. The number of ether oxygens (including phenoxy) is 1. The molecule has 0 radical (unpaired) electrons. The van der Waals surface area contributed by atoms with Crippen molar-refractivity contribution in [1.29, 1.82) is 0 Å². The number of hydrogen-bond acceptors (Lipinski definition) is 8. The highest BCUT2D eigenvalue weighted by Gasteiger charge is 2.28. The Bertz CT molecular complexity index is 1440. The molecule has 5 rings (SSSR count). The number of piperazine rings is 1. The Hall–Kier alpha value is -4.05. The van der Waals surface area contributed by atoms with E-state index < -0.39 is 5.60 Å². The van der Waals surface area contributed by atoms with Crippen molar-refractivity contribution in [3.8, 4) is 11.3 Å². The molecule has 0 aliphatic carbocycles. The van der Waals surface area contributed by atoms with Crippen LogP contribution in [-0.4, -0.2) is 72.6 Å². The van der Waals surface area contributed by atoms with Crippen LogP contribution in [0.5, 0.6) is 0 Å². The number of benzene rings is 1. The number of rotatable bonds is 5. The van der Waals surface area contributed by atoms with Gasteiger partial charge in [0.25, 0.3) is 0 Å². The Morgan fingerprint density at radius 2 is 1.84 bits per heavy atom. The second kappa shape index (κ2) is 10.4. The first kappa shape index (κ1) is 25.6. The van der Waals surface area contributed by atoms with Crippen LogP contribution in [-0.2, 0) is 4.74 Å². The molecular weight excluding hydrogens is 480 g/mol. The molecule has 0 bridgehead atoms. The maximum Gasteiger partial charge on any atom is 0.410 e. The predicted octanol–water partition coefficient (Wildman–Crippen LogP) is 5.08. The molecule has 1 atom stereocenters. The number of carbonyl (C=O) groups excluding carboxylic acids is 1. The number of pyridine rings is 1. The summed E-state index contributed by atoms with van der Waals surface area (Å²) in [5, 5.41) is 3.31. The summed E-state index contributed by atoms with van der Waals surface area (Å²) in [5.74, 6) is 1.34. The van der Waals surface area contributed by atoms with E-state index in [4.69, 9.17) is 4.74 Å². The number of aromatic amines is 1. The molecule has 1 aliphatic rings. The van der Waals surface area contributed by atoms with Gasteiger partial charge in [0, 0.05) is 49.7 Å². The molecule has 1 aromatic carbocycles. The number of aryl methyl sites for hydroxylation is 1. The first-order valence-electron chi connectivity index (χ1n) is 12.9. The fourth-order valence-corrected chi connectivity index (χ4v) is 4.57. The van der Waals surface area contributed by atoms with Gasteiger partial charge in [-0.3, -0.25) is 4.90 Å². The maximum atomic E-state index is 12.4. The second-order valence-corrected chi connectivity index (χ2v) is 10.6. The zero-order chi connectivity index (χ0) is 26.9. The highest BCUT2D eigenvalue weighted by atomic mass is 16.6. The van der Waals surface area contributed by atoms with Crippen molar-refractivity contribution >= 4 is 28.9 Å². The lowest BCUT2D eigenvalue weighted by Crippen LogP contribution is -2.50. The Labute approximate surface area is 222 Å². The van der Waals surface area contributed by atoms with Crippen LogP contribution in [0.25, 0.3) is 22.3 Å². The molecule has 0 saturated carbocycles. The SMILES string of the molecule is Cc1cc(-c2ccc3nc(Nc4cc(C(C)N5CCN(C(=O)OC(C)(C)C)CC5)ccn4)[nH]c3c2)ncn1. The number of imidazole rings is 1. The molecule has 10 nitrogen and oxygen atoms in total. The van der Waals surface area contributed by atoms with Crippen LogP contribution < -0.4 is 5.32 Å². The van der Waals surface area contributed by atoms with E-state index in [1.54, 1.807) is 11.2 Å². The Kier molecular flexibility index (Phi) is 6.98. The van der Waals surface area contributed by atoms with E-state index in [-0.39, 0.29) is 12.1 Å². The van der Waals surface area contributed by atoms with Crippen LogP contribution >= 0.6 is 0 Å². The van der Waals surface area contributed by atoms with E-state index >= 15 is 0 Å². The second-order valence-electron chi connectivity index (χ2n) is 10.6. The summed E-state index contributed by atoms with van der Waals surface area (Å²) in [6.45, 7) is 12.7. The number of anilines is 2. The van der Waals surface area contributed by atoms with E-state index in [0.29, 0.717) is 24.9 Å². The van der Waals surface area contributed by atoms with Crippen molar-refractivity contribution in [1.82, 2.24) is 34.7 Å². The molecule has 1 aliphatic heterocycles. The lowest BCUT2D eigenvalue weighted by atomic mass is 10.1. The van der Waals surface area contributed by atoms with Crippen molar-refractivity contribution in [2.45, 2.75) is 46.3 Å². The third-order valence-electron chi connectivity index (χ3n) is 6.61. The Morgan fingerprint density at radius 1 is 1.05 bits per heavy atom. The Morgan fingerprint density at radius 3 is 2.58 bits per heavy atom. The summed E-state index contributed by atoms with van der Waals surface area (Å²) in [6.07, 6.45) is 3.14. The molecule has 2 N–H and O–H groups in total. The van der Waals surface area contributed by atoms with E-state index in [0.717, 1.165) is 46.6 Å². The molecule has 1 unspecified atom stereocenters. The number of fused-ring (bicyclic) bond motifs is 1. The maximum absolute atomic E-state index is 12.4. The number of nitrogens with zero attached hydrogens (tertiary/aromatic N) is 6. The lowest BCUT2D eigenvalue weighted by molar-refractivity contribution is 0.0110. The number of amides is 1. The van der Waals surface area contributed by atoms with Gasteiger partial charge in [0.05, 0.1) is 16.7 Å². The minimum absolute atomic E-state index is 0.175. The van der Waals surface area contributed by atoms with Crippen LogP contribution in [0.15, 0.2) is 48.9 Å². The summed E-state index contributed by atoms with van der Waals surface area (Å²) in [6, 6.07) is 12.2. The topological polar surface area (TPSA) is 112 Å². The highest BCUT2D eigenvalue weighted by Crippen LogP contribution is 2.26. The molecule has 4 aromatic rings. The van der Waals surface area contributed by atoms with E-state index in [1.807, 2.05) is 70.3 Å². The molecule has 3 aromatic heterocycles. The quantitative estimate of drug-likeness (QED) is 0.379. The molecule has 1 fully saturated rings. The minimum Gasteiger partial charge on any atom is -0.444 e. The zero-order valence-corrected chi connectivity index (χ0v) is 22.5. The predicted molar refractivity (Wildman–Crippen MR) is 147 cm³/mol. The number of nitrogens with one attached hydrogen (secondary N) is 2. The zero-order valence-electron chi connectivity index (χ0n) is 22.5. The molecule has 198 valence electrons. The van der Waals surface area contributed by atoms with Crippen LogP contribution in [0.1, 0.15) is 45.0 Å². The van der Waals surface area contributed by atoms with Gasteiger partial charge >= 0.3 is 6.09 Å². The van der Waals surface area contributed by atoms with Crippen molar-refractivity contribution in [2.75, 3.05) is 31.5 Å². The third kappa shape index (κ3) is 5.91. The molecule has 1 saturated heterocycles. The average molecular weight is 515 g/mol. The number of H-pyrrole nitrogens is 1. The number of aromatic nitrogens is 5. The summed E-state index contributed by atoms with van der Waals surface area (Å²) in [7, 11) is 0. The lowest BCUT2D eigenvalue weighted by Gasteiger charge is -2.38. The molecule has 4 heterocycles. The van der Waals surface area contributed by atoms with Crippen LogP contribution in [0, 0.1) is 6.92 Å². The first-order chi connectivity index (χ1) is 18.1. The van der Waals surface area contributed by atoms with Crippen molar-refractivity contribution in [3.05, 3.63) is 60.2 Å². The largest absolute Gasteiger partial charge is 0.444 e. The number of hydrogen-bond donors (Lipinski definition) is 2. The van der Waals surface area contributed by atoms with Gasteiger partial charge in [-0.25, -0.2) is 24.7 Å². The molecule has 38 heavy (non-hydrogen) atoms. The molecule has 10 heteroatoms. The highest BCUT2D eigenvalue weighted by molar-refractivity contribution is 5.83. The van der Waals surface area contributed by atoms with E-state index in [9.17, 15) is 4.79 Å². The van der Waals surface area contributed by atoms with Gasteiger partial charge in [0.15, 0.2) is 0 Å². The summed E-state index contributed by atoms with van der Waals surface area (Å²) < 4.78 is 5.52. The number of carbonyl (C=O) groups is 1. The fraction of sp³-hybridized carbons (Fsp3) is 0.393. The van der Waals surface area contributed by atoms with E-state index in [2.05, 4.69) is 42.1 Å². The van der Waals surface area contributed by atoms with Gasteiger partial charge in [-0.05, 0) is 70.5 Å². The van der Waals surface area contributed by atoms with Crippen LogP contribution in [0.3, 0.4) is 0 Å².